The lowest BCUT2D eigenvalue weighted by molar-refractivity contribution is 0.0595. The van der Waals surface area contributed by atoms with Crippen LogP contribution in [0.5, 0.6) is 0 Å². The number of carbonyl (C=O) groups is 1. The molecule has 0 unspecified atom stereocenters. The van der Waals surface area contributed by atoms with Crippen LogP contribution in [0.2, 0.25) is 0 Å². The van der Waals surface area contributed by atoms with Crippen LogP contribution in [0.3, 0.4) is 0 Å². The van der Waals surface area contributed by atoms with E-state index in [1.165, 1.54) is 7.11 Å². The molecule has 82 valence electrons. The van der Waals surface area contributed by atoms with E-state index in [4.69, 9.17) is 5.73 Å². The quantitative estimate of drug-likeness (QED) is 0.739. The van der Waals surface area contributed by atoms with Crippen molar-refractivity contribution in [3.05, 3.63) is 11.5 Å². The van der Waals surface area contributed by atoms with E-state index in [1.54, 1.807) is 0 Å². The number of anilines is 1. The van der Waals surface area contributed by atoms with Crippen LogP contribution < -0.4 is 5.73 Å². The van der Waals surface area contributed by atoms with Gasteiger partial charge in [0.25, 0.3) is 0 Å². The van der Waals surface area contributed by atoms with Gasteiger partial charge in [-0.25, -0.2) is 9.78 Å². The number of hydrogen-bond acceptors (Lipinski definition) is 4. The first-order chi connectivity index (χ1) is 6.99. The second kappa shape index (κ2) is 2.98. The molecule has 5 nitrogen and oxygen atoms in total. The van der Waals surface area contributed by atoms with Crippen molar-refractivity contribution in [2.45, 2.75) is 32.2 Å². The van der Waals surface area contributed by atoms with Gasteiger partial charge in [0.1, 0.15) is 11.6 Å². The molecule has 0 amide bonds. The Labute approximate surface area is 88.2 Å². The second-order valence-corrected chi connectivity index (χ2v) is 4.22. The van der Waals surface area contributed by atoms with Crippen LogP contribution in [-0.4, -0.2) is 22.6 Å². The average Bonchev–Trinajstić information content (AvgIpc) is 2.84. The molecule has 0 atom stereocenters. The number of imidazole rings is 1. The minimum absolute atomic E-state index is 0.0490. The van der Waals surface area contributed by atoms with Gasteiger partial charge in [0.15, 0.2) is 5.69 Å². The zero-order valence-corrected chi connectivity index (χ0v) is 9.20. The molecule has 2 rings (SSSR count). The fraction of sp³-hybridized carbons (Fsp3) is 0.600. The first kappa shape index (κ1) is 10.0. The number of aromatic nitrogens is 2. The van der Waals surface area contributed by atoms with E-state index in [0.29, 0.717) is 5.82 Å². The van der Waals surface area contributed by atoms with E-state index in [0.717, 1.165) is 18.7 Å². The number of aryl methyl sites for hydroxylation is 1. The van der Waals surface area contributed by atoms with Crippen molar-refractivity contribution in [1.29, 1.82) is 0 Å². The third-order valence-corrected chi connectivity index (χ3v) is 2.97. The maximum atomic E-state index is 11.4. The molecule has 2 N–H and O–H groups in total. The number of methoxy groups -OCH3 is 1. The molecule has 1 aromatic rings. The summed E-state index contributed by atoms with van der Waals surface area (Å²) in [6.45, 7) is 3.96. The van der Waals surface area contributed by atoms with Crippen LogP contribution in [0, 0.1) is 6.92 Å². The molecule has 5 heteroatoms. The lowest BCUT2D eigenvalue weighted by Crippen LogP contribution is -2.17. The summed E-state index contributed by atoms with van der Waals surface area (Å²) in [5.74, 6) is 0.714. The number of nitrogen functional groups attached to an aromatic ring is 1. The zero-order chi connectivity index (χ0) is 11.2. The molecule has 0 spiro atoms. The number of rotatable bonds is 2. The van der Waals surface area contributed by atoms with E-state index >= 15 is 0 Å². The number of nitrogens with two attached hydrogens (primary N) is 1. The lowest BCUT2D eigenvalue weighted by Gasteiger charge is -2.14. The molecule has 1 heterocycles. The third-order valence-electron chi connectivity index (χ3n) is 2.97. The van der Waals surface area contributed by atoms with Gasteiger partial charge in [-0.1, -0.05) is 0 Å². The minimum atomic E-state index is -0.474. The second-order valence-electron chi connectivity index (χ2n) is 4.22. The van der Waals surface area contributed by atoms with E-state index in [1.807, 2.05) is 11.5 Å². The van der Waals surface area contributed by atoms with Crippen molar-refractivity contribution in [1.82, 2.24) is 9.55 Å². The van der Waals surface area contributed by atoms with Gasteiger partial charge >= 0.3 is 5.97 Å². The molecule has 1 saturated carbocycles. The lowest BCUT2D eigenvalue weighted by atomic mass is 10.3. The van der Waals surface area contributed by atoms with E-state index < -0.39 is 5.97 Å². The Morgan fingerprint density at radius 1 is 1.60 bits per heavy atom. The smallest absolute Gasteiger partial charge is 0.360 e. The predicted molar refractivity (Wildman–Crippen MR) is 55.6 cm³/mol. The van der Waals surface area contributed by atoms with Crippen LogP contribution in [0.1, 0.15) is 36.1 Å². The first-order valence-corrected chi connectivity index (χ1v) is 4.93. The summed E-state index contributed by atoms with van der Waals surface area (Å²) >= 11 is 0. The number of carbonyl (C=O) groups excluding carboxylic acids is 1. The van der Waals surface area contributed by atoms with E-state index in [2.05, 4.69) is 16.6 Å². The Balaban J connectivity index is 2.49. The van der Waals surface area contributed by atoms with Crippen molar-refractivity contribution < 1.29 is 9.53 Å². The van der Waals surface area contributed by atoms with Gasteiger partial charge in [-0.15, -0.1) is 0 Å². The first-order valence-electron chi connectivity index (χ1n) is 4.93. The van der Waals surface area contributed by atoms with Crippen LogP contribution in [-0.2, 0) is 10.3 Å². The topological polar surface area (TPSA) is 70.1 Å². The molecule has 0 aromatic carbocycles. The van der Waals surface area contributed by atoms with Crippen LogP contribution in [0.15, 0.2) is 0 Å². The number of esters is 1. The normalized spacial score (nSPS) is 17.5. The van der Waals surface area contributed by atoms with Gasteiger partial charge < -0.3 is 15.0 Å². The van der Waals surface area contributed by atoms with Crippen molar-refractivity contribution in [3.63, 3.8) is 0 Å². The number of ether oxygens (including phenoxy) is 1. The maximum Gasteiger partial charge on any atom is 0.360 e. The Morgan fingerprint density at radius 3 is 2.67 bits per heavy atom. The van der Waals surface area contributed by atoms with Crippen molar-refractivity contribution in [3.8, 4) is 0 Å². The summed E-state index contributed by atoms with van der Waals surface area (Å²) < 4.78 is 6.55. The van der Waals surface area contributed by atoms with Crippen molar-refractivity contribution in [2.75, 3.05) is 12.8 Å². The molecule has 0 bridgehead atoms. The summed E-state index contributed by atoms with van der Waals surface area (Å²) in [6, 6.07) is 0. The van der Waals surface area contributed by atoms with Crippen LogP contribution in [0.4, 0.5) is 5.82 Å². The Hall–Kier alpha value is -1.52. The standard InChI is InChI=1S/C10H15N3O2/c1-6-12-7(9(14)15-3)8(11)13(6)10(2)4-5-10/h4-5,11H2,1-3H3. The summed E-state index contributed by atoms with van der Waals surface area (Å²) in [5.41, 5.74) is 6.18. The van der Waals surface area contributed by atoms with Gasteiger partial charge in [-0.05, 0) is 26.7 Å². The van der Waals surface area contributed by atoms with Crippen molar-refractivity contribution in [2.24, 2.45) is 0 Å². The van der Waals surface area contributed by atoms with Crippen LogP contribution >= 0.6 is 0 Å². The molecule has 0 aliphatic heterocycles. The monoisotopic (exact) mass is 209 g/mol. The van der Waals surface area contributed by atoms with E-state index in [9.17, 15) is 4.79 Å². The minimum Gasteiger partial charge on any atom is -0.464 e. The number of nitrogens with zero attached hydrogens (tertiary/aromatic N) is 2. The van der Waals surface area contributed by atoms with Gasteiger partial charge in [0.2, 0.25) is 0 Å². The molecule has 0 radical (unpaired) electrons. The predicted octanol–water partition coefficient (Wildman–Crippen LogP) is 1.07. The highest BCUT2D eigenvalue weighted by Crippen LogP contribution is 2.45. The molecular formula is C10H15N3O2. The summed E-state index contributed by atoms with van der Waals surface area (Å²) in [4.78, 5) is 15.5. The number of hydrogen-bond donors (Lipinski definition) is 1. The molecular weight excluding hydrogens is 194 g/mol. The molecule has 0 saturated heterocycles. The SMILES string of the molecule is COC(=O)c1nc(C)n(C2(C)CC2)c1N. The highest BCUT2D eigenvalue weighted by Gasteiger charge is 2.42. The third kappa shape index (κ3) is 1.38. The molecule has 1 aliphatic rings. The average molecular weight is 209 g/mol. The summed E-state index contributed by atoms with van der Waals surface area (Å²) in [5, 5.41) is 0. The van der Waals surface area contributed by atoms with Crippen LogP contribution in [0.25, 0.3) is 0 Å². The molecule has 15 heavy (non-hydrogen) atoms. The van der Waals surface area contributed by atoms with E-state index in [-0.39, 0.29) is 11.2 Å². The fourth-order valence-corrected chi connectivity index (χ4v) is 1.88. The maximum absolute atomic E-state index is 11.4. The van der Waals surface area contributed by atoms with Gasteiger partial charge in [-0.2, -0.15) is 0 Å². The summed E-state index contributed by atoms with van der Waals surface area (Å²) in [6.07, 6.45) is 2.16. The summed E-state index contributed by atoms with van der Waals surface area (Å²) in [7, 11) is 1.33. The fourth-order valence-electron chi connectivity index (χ4n) is 1.88. The molecule has 1 fully saturated rings. The highest BCUT2D eigenvalue weighted by molar-refractivity contribution is 5.92. The van der Waals surface area contributed by atoms with Gasteiger partial charge in [0.05, 0.1) is 7.11 Å². The van der Waals surface area contributed by atoms with Gasteiger partial charge in [-0.3, -0.25) is 0 Å². The van der Waals surface area contributed by atoms with Gasteiger partial charge in [0, 0.05) is 5.54 Å². The van der Waals surface area contributed by atoms with Crippen molar-refractivity contribution >= 4 is 11.8 Å². The Kier molecular flexibility index (Phi) is 1.99. The Morgan fingerprint density at radius 2 is 2.20 bits per heavy atom. The highest BCUT2D eigenvalue weighted by atomic mass is 16.5. The molecule has 1 aliphatic carbocycles. The molecule has 1 aromatic heterocycles. The largest absolute Gasteiger partial charge is 0.464 e. The Bertz CT molecular complexity index is 419. The zero-order valence-electron chi connectivity index (χ0n) is 9.20.